The molecule has 0 aliphatic carbocycles. The second-order valence-electron chi connectivity index (χ2n) is 6.33. The van der Waals surface area contributed by atoms with Gasteiger partial charge in [0.15, 0.2) is 0 Å². The van der Waals surface area contributed by atoms with Gasteiger partial charge in [0.2, 0.25) is 0 Å². The van der Waals surface area contributed by atoms with E-state index in [1.807, 2.05) is 0 Å². The van der Waals surface area contributed by atoms with Gasteiger partial charge in [-0.1, -0.05) is 0 Å². The Morgan fingerprint density at radius 1 is 0.633 bits per heavy atom. The van der Waals surface area contributed by atoms with Crippen molar-refractivity contribution in [3.05, 3.63) is 83.9 Å². The number of carbonyl (C=O) groups is 3. The van der Waals surface area contributed by atoms with E-state index in [1.165, 1.54) is 6.92 Å². The first kappa shape index (κ1) is 20.6. The summed E-state index contributed by atoms with van der Waals surface area (Å²) in [7, 11) is 1.57. The highest BCUT2D eigenvalue weighted by Crippen LogP contribution is 2.18. The SMILES string of the molecule is COc1ccc(NC(=O)c2ccc(C(=O)Nc3ccc(OC(C)=O)cc3)cc2)cc1. The normalized spacial score (nSPS) is 10.1. The fourth-order valence-corrected chi connectivity index (χ4v) is 2.63. The zero-order chi connectivity index (χ0) is 21.5. The van der Waals surface area contributed by atoms with Crippen molar-refractivity contribution >= 4 is 29.2 Å². The van der Waals surface area contributed by atoms with Gasteiger partial charge in [-0.2, -0.15) is 0 Å². The molecule has 7 heteroatoms. The molecule has 0 atom stereocenters. The van der Waals surface area contributed by atoms with Gasteiger partial charge in [0, 0.05) is 29.4 Å². The molecule has 3 rings (SSSR count). The fraction of sp³-hybridized carbons (Fsp3) is 0.0870. The van der Waals surface area contributed by atoms with Crippen LogP contribution < -0.4 is 20.1 Å². The van der Waals surface area contributed by atoms with Crippen molar-refractivity contribution in [2.24, 2.45) is 0 Å². The van der Waals surface area contributed by atoms with E-state index in [0.717, 1.165) is 0 Å². The zero-order valence-electron chi connectivity index (χ0n) is 16.5. The Balaban J connectivity index is 1.60. The number of benzene rings is 3. The summed E-state index contributed by atoms with van der Waals surface area (Å²) in [5, 5.41) is 5.53. The third kappa shape index (κ3) is 5.45. The van der Waals surface area contributed by atoms with Crippen LogP contribution in [0, 0.1) is 0 Å². The van der Waals surface area contributed by atoms with Gasteiger partial charge in [-0.25, -0.2) is 0 Å². The van der Waals surface area contributed by atoms with Gasteiger partial charge in [0.25, 0.3) is 11.8 Å². The first-order valence-corrected chi connectivity index (χ1v) is 9.10. The molecular formula is C23H20N2O5. The molecule has 7 nitrogen and oxygen atoms in total. The maximum absolute atomic E-state index is 12.4. The summed E-state index contributed by atoms with van der Waals surface area (Å²) in [6.07, 6.45) is 0. The summed E-state index contributed by atoms with van der Waals surface area (Å²) in [5.41, 5.74) is 2.02. The number of rotatable bonds is 6. The zero-order valence-corrected chi connectivity index (χ0v) is 16.5. The van der Waals surface area contributed by atoms with E-state index >= 15 is 0 Å². The molecule has 2 N–H and O–H groups in total. The number of amides is 2. The predicted molar refractivity (Wildman–Crippen MR) is 113 cm³/mol. The number of esters is 1. The number of hydrogen-bond acceptors (Lipinski definition) is 5. The summed E-state index contributed by atoms with van der Waals surface area (Å²) in [4.78, 5) is 35.7. The van der Waals surface area contributed by atoms with Crippen molar-refractivity contribution < 1.29 is 23.9 Å². The molecule has 3 aromatic carbocycles. The molecule has 0 bridgehead atoms. The number of hydrogen-bond donors (Lipinski definition) is 2. The Hall–Kier alpha value is -4.13. The Labute approximate surface area is 173 Å². The summed E-state index contributed by atoms with van der Waals surface area (Å²) >= 11 is 0. The highest BCUT2D eigenvalue weighted by molar-refractivity contribution is 6.07. The molecule has 3 aromatic rings. The van der Waals surface area contributed by atoms with Crippen LogP contribution in [0.4, 0.5) is 11.4 Å². The maximum atomic E-state index is 12.4. The minimum absolute atomic E-state index is 0.284. The number of anilines is 2. The highest BCUT2D eigenvalue weighted by atomic mass is 16.5. The van der Waals surface area contributed by atoms with Crippen molar-refractivity contribution in [3.63, 3.8) is 0 Å². The van der Waals surface area contributed by atoms with Gasteiger partial charge < -0.3 is 20.1 Å². The average Bonchev–Trinajstić information content (AvgIpc) is 2.75. The van der Waals surface area contributed by atoms with Gasteiger partial charge >= 0.3 is 5.97 Å². The van der Waals surface area contributed by atoms with Crippen molar-refractivity contribution in [2.45, 2.75) is 6.92 Å². The molecular weight excluding hydrogens is 384 g/mol. The van der Waals surface area contributed by atoms with Gasteiger partial charge in [-0.3, -0.25) is 14.4 Å². The molecule has 0 saturated carbocycles. The lowest BCUT2D eigenvalue weighted by molar-refractivity contribution is -0.131. The van der Waals surface area contributed by atoms with E-state index in [0.29, 0.717) is 34.0 Å². The highest BCUT2D eigenvalue weighted by Gasteiger charge is 2.10. The van der Waals surface area contributed by atoms with Crippen LogP contribution in [-0.4, -0.2) is 24.9 Å². The monoisotopic (exact) mass is 404 g/mol. The Kier molecular flexibility index (Phi) is 6.44. The predicted octanol–water partition coefficient (Wildman–Crippen LogP) is 4.13. The van der Waals surface area contributed by atoms with E-state index in [2.05, 4.69) is 10.6 Å². The molecule has 152 valence electrons. The lowest BCUT2D eigenvalue weighted by atomic mass is 10.1. The first-order chi connectivity index (χ1) is 14.4. The van der Waals surface area contributed by atoms with Crippen molar-refractivity contribution in [1.29, 1.82) is 0 Å². The molecule has 0 radical (unpaired) electrons. The van der Waals surface area contributed by atoms with Crippen molar-refractivity contribution in [2.75, 3.05) is 17.7 Å². The fourth-order valence-electron chi connectivity index (χ4n) is 2.63. The third-order valence-corrected chi connectivity index (χ3v) is 4.13. The van der Waals surface area contributed by atoms with Gasteiger partial charge in [0.05, 0.1) is 7.11 Å². The minimum atomic E-state index is -0.414. The largest absolute Gasteiger partial charge is 0.497 e. The van der Waals surface area contributed by atoms with E-state index in [1.54, 1.807) is 79.9 Å². The lowest BCUT2D eigenvalue weighted by Crippen LogP contribution is -2.14. The molecule has 0 aliphatic heterocycles. The van der Waals surface area contributed by atoms with Gasteiger partial charge in [-0.05, 0) is 72.8 Å². The number of carbonyl (C=O) groups excluding carboxylic acids is 3. The van der Waals surface area contributed by atoms with E-state index in [-0.39, 0.29) is 11.8 Å². The van der Waals surface area contributed by atoms with Crippen LogP contribution in [0.5, 0.6) is 11.5 Å². The minimum Gasteiger partial charge on any atom is -0.497 e. The number of ether oxygens (including phenoxy) is 2. The molecule has 0 saturated heterocycles. The summed E-state index contributed by atoms with van der Waals surface area (Å²) in [5.74, 6) is 0.0746. The quantitative estimate of drug-likeness (QED) is 0.476. The molecule has 0 aliphatic rings. The molecule has 0 aromatic heterocycles. The van der Waals surface area contributed by atoms with Crippen LogP contribution in [0.3, 0.4) is 0 Å². The Bertz CT molecular complexity index is 1040. The lowest BCUT2D eigenvalue weighted by Gasteiger charge is -2.08. The topological polar surface area (TPSA) is 93.7 Å². The second kappa shape index (κ2) is 9.38. The average molecular weight is 404 g/mol. The molecule has 0 heterocycles. The summed E-state index contributed by atoms with van der Waals surface area (Å²) in [6.45, 7) is 1.32. The van der Waals surface area contributed by atoms with Crippen LogP contribution in [-0.2, 0) is 4.79 Å². The second-order valence-corrected chi connectivity index (χ2v) is 6.33. The van der Waals surface area contributed by atoms with Crippen LogP contribution >= 0.6 is 0 Å². The molecule has 2 amide bonds. The van der Waals surface area contributed by atoms with Crippen molar-refractivity contribution in [3.8, 4) is 11.5 Å². The van der Waals surface area contributed by atoms with Crippen molar-refractivity contribution in [1.82, 2.24) is 0 Å². The standard InChI is InChI=1S/C23H20N2O5/c1-15(26)30-21-13-9-19(10-14-21)25-23(28)17-5-3-16(4-6-17)22(27)24-18-7-11-20(29-2)12-8-18/h3-14H,1-2H3,(H,24,27)(H,25,28). The van der Waals surface area contributed by atoms with Gasteiger partial charge in [0.1, 0.15) is 11.5 Å². The van der Waals surface area contributed by atoms with Crippen LogP contribution in [0.15, 0.2) is 72.8 Å². The van der Waals surface area contributed by atoms with E-state index in [9.17, 15) is 14.4 Å². The molecule has 0 spiro atoms. The number of nitrogens with one attached hydrogen (secondary N) is 2. The molecule has 0 fully saturated rings. The first-order valence-electron chi connectivity index (χ1n) is 9.10. The molecule has 30 heavy (non-hydrogen) atoms. The summed E-state index contributed by atoms with van der Waals surface area (Å²) < 4.78 is 10.0. The Morgan fingerprint density at radius 3 is 1.40 bits per heavy atom. The maximum Gasteiger partial charge on any atom is 0.308 e. The van der Waals surface area contributed by atoms with Gasteiger partial charge in [-0.15, -0.1) is 0 Å². The smallest absolute Gasteiger partial charge is 0.308 e. The van der Waals surface area contributed by atoms with E-state index < -0.39 is 5.97 Å². The number of methoxy groups -OCH3 is 1. The van der Waals surface area contributed by atoms with Crippen LogP contribution in [0.25, 0.3) is 0 Å². The van der Waals surface area contributed by atoms with Crippen LogP contribution in [0.1, 0.15) is 27.6 Å². The van der Waals surface area contributed by atoms with Crippen LogP contribution in [0.2, 0.25) is 0 Å². The van der Waals surface area contributed by atoms with E-state index in [4.69, 9.17) is 9.47 Å². The summed E-state index contributed by atoms with van der Waals surface area (Å²) in [6, 6.07) is 19.7. The third-order valence-electron chi connectivity index (χ3n) is 4.13. The Morgan fingerprint density at radius 2 is 1.03 bits per heavy atom. The molecule has 0 unspecified atom stereocenters.